The Kier molecular flexibility index (Phi) is 3.14. The molecule has 132 valence electrons. The van der Waals surface area contributed by atoms with E-state index in [4.69, 9.17) is 9.40 Å². The van der Waals surface area contributed by atoms with Crippen molar-refractivity contribution < 1.29 is 4.42 Å². The van der Waals surface area contributed by atoms with Gasteiger partial charge in [0.1, 0.15) is 11.4 Å². The van der Waals surface area contributed by atoms with E-state index in [1.54, 1.807) is 18.7 Å². The molecule has 4 heterocycles. The highest BCUT2D eigenvalue weighted by Gasteiger charge is 2.14. The highest BCUT2D eigenvalue weighted by Crippen LogP contribution is 2.34. The van der Waals surface area contributed by atoms with Gasteiger partial charge in [-0.2, -0.15) is 0 Å². The van der Waals surface area contributed by atoms with Crippen molar-refractivity contribution in [3.05, 3.63) is 91.6 Å². The number of nitrogens with zero attached hydrogens (tertiary/aromatic N) is 3. The quantitative estimate of drug-likeness (QED) is 0.381. The third-order valence-electron chi connectivity index (χ3n) is 5.24. The first kappa shape index (κ1) is 15.2. The number of hydrogen-bond donors (Lipinski definition) is 0. The first-order valence-electron chi connectivity index (χ1n) is 9.16. The van der Waals surface area contributed by atoms with E-state index < -0.39 is 0 Å². The van der Waals surface area contributed by atoms with Crippen molar-refractivity contribution >= 4 is 32.8 Å². The lowest BCUT2D eigenvalue weighted by Gasteiger charge is -2.08. The number of hydrogen-bond acceptors (Lipinski definition) is 3. The second-order valence-electron chi connectivity index (χ2n) is 6.82. The third-order valence-corrected chi connectivity index (χ3v) is 5.24. The van der Waals surface area contributed by atoms with Crippen LogP contribution in [0, 0.1) is 0 Å². The Bertz CT molecular complexity index is 1440. The fourth-order valence-electron chi connectivity index (χ4n) is 3.90. The molecule has 0 bridgehead atoms. The molecule has 0 aliphatic heterocycles. The molecule has 0 radical (unpaired) electrons. The predicted molar refractivity (Wildman–Crippen MR) is 112 cm³/mol. The summed E-state index contributed by atoms with van der Waals surface area (Å²) in [4.78, 5) is 8.87. The molecule has 0 unspecified atom stereocenters. The molecule has 0 saturated carbocycles. The number of benzene rings is 2. The summed E-state index contributed by atoms with van der Waals surface area (Å²) in [6.07, 6.45) is 7.25. The molecule has 6 aromatic rings. The SMILES string of the molecule is c1ccc2c(c1)c1cc3occc3cc1n2-c1ccc(-c2ccncc2)cn1. The van der Waals surface area contributed by atoms with E-state index in [2.05, 4.69) is 58.1 Å². The maximum Gasteiger partial charge on any atom is 0.137 e. The first-order chi connectivity index (χ1) is 13.9. The molecule has 0 spiro atoms. The normalized spacial score (nSPS) is 11.6. The molecule has 0 aliphatic rings. The van der Waals surface area contributed by atoms with Gasteiger partial charge in [0, 0.05) is 40.3 Å². The van der Waals surface area contributed by atoms with Gasteiger partial charge in [-0.3, -0.25) is 9.55 Å². The van der Waals surface area contributed by atoms with Crippen LogP contribution in [0.5, 0.6) is 0 Å². The summed E-state index contributed by atoms with van der Waals surface area (Å²) in [7, 11) is 0. The van der Waals surface area contributed by atoms with E-state index in [1.165, 1.54) is 5.39 Å². The Balaban J connectivity index is 1.62. The van der Waals surface area contributed by atoms with E-state index >= 15 is 0 Å². The van der Waals surface area contributed by atoms with Crippen molar-refractivity contribution in [2.75, 3.05) is 0 Å². The Morgan fingerprint density at radius 1 is 0.750 bits per heavy atom. The van der Waals surface area contributed by atoms with Crippen LogP contribution < -0.4 is 0 Å². The van der Waals surface area contributed by atoms with Gasteiger partial charge in [0.25, 0.3) is 0 Å². The van der Waals surface area contributed by atoms with Gasteiger partial charge in [-0.25, -0.2) is 4.98 Å². The van der Waals surface area contributed by atoms with Gasteiger partial charge in [0.15, 0.2) is 0 Å². The van der Waals surface area contributed by atoms with Gasteiger partial charge in [0.2, 0.25) is 0 Å². The maximum atomic E-state index is 5.62. The lowest BCUT2D eigenvalue weighted by molar-refractivity contribution is 0.616. The molecule has 4 aromatic heterocycles. The minimum Gasteiger partial charge on any atom is -0.464 e. The van der Waals surface area contributed by atoms with E-state index in [0.717, 1.165) is 44.3 Å². The van der Waals surface area contributed by atoms with E-state index in [1.807, 2.05) is 24.4 Å². The molecular formula is C24H15N3O. The molecule has 28 heavy (non-hydrogen) atoms. The molecule has 4 nitrogen and oxygen atoms in total. The number of furan rings is 1. The minimum atomic E-state index is 0.895. The van der Waals surface area contributed by atoms with Crippen LogP contribution in [0.2, 0.25) is 0 Å². The largest absolute Gasteiger partial charge is 0.464 e. The van der Waals surface area contributed by atoms with Gasteiger partial charge >= 0.3 is 0 Å². The molecule has 0 aliphatic carbocycles. The van der Waals surface area contributed by atoms with Crippen LogP contribution in [0.3, 0.4) is 0 Å². The average Bonchev–Trinajstić information content (AvgIpc) is 3.35. The van der Waals surface area contributed by atoms with Crippen molar-refractivity contribution in [1.29, 1.82) is 0 Å². The van der Waals surface area contributed by atoms with E-state index in [-0.39, 0.29) is 0 Å². The topological polar surface area (TPSA) is 43.9 Å². The zero-order chi connectivity index (χ0) is 18.5. The van der Waals surface area contributed by atoms with Crippen LogP contribution in [0.4, 0.5) is 0 Å². The zero-order valence-electron chi connectivity index (χ0n) is 14.9. The molecule has 4 heteroatoms. The number of aromatic nitrogens is 3. The summed E-state index contributed by atoms with van der Waals surface area (Å²) < 4.78 is 7.84. The van der Waals surface area contributed by atoms with Gasteiger partial charge in [0.05, 0.1) is 17.3 Å². The van der Waals surface area contributed by atoms with Crippen molar-refractivity contribution in [2.45, 2.75) is 0 Å². The zero-order valence-corrected chi connectivity index (χ0v) is 14.9. The van der Waals surface area contributed by atoms with Crippen LogP contribution in [0.25, 0.3) is 49.7 Å². The summed E-state index contributed by atoms with van der Waals surface area (Å²) in [6, 6.07) is 22.9. The summed E-state index contributed by atoms with van der Waals surface area (Å²) in [5.41, 5.74) is 5.34. The molecule has 0 amide bonds. The smallest absolute Gasteiger partial charge is 0.137 e. The molecular weight excluding hydrogens is 346 g/mol. The van der Waals surface area contributed by atoms with Crippen molar-refractivity contribution in [3.63, 3.8) is 0 Å². The fraction of sp³-hybridized carbons (Fsp3) is 0. The van der Waals surface area contributed by atoms with E-state index in [0.29, 0.717) is 0 Å². The van der Waals surface area contributed by atoms with Crippen LogP contribution >= 0.6 is 0 Å². The second-order valence-corrected chi connectivity index (χ2v) is 6.82. The van der Waals surface area contributed by atoms with Crippen LogP contribution in [-0.2, 0) is 0 Å². The van der Waals surface area contributed by atoms with Crippen LogP contribution in [0.15, 0.2) is 96.0 Å². The highest BCUT2D eigenvalue weighted by molar-refractivity contribution is 6.12. The molecule has 6 rings (SSSR count). The Morgan fingerprint density at radius 3 is 2.50 bits per heavy atom. The minimum absolute atomic E-state index is 0.895. The Hall–Kier alpha value is -3.92. The Labute approximate surface area is 160 Å². The van der Waals surface area contributed by atoms with Crippen molar-refractivity contribution in [3.8, 4) is 16.9 Å². The Morgan fingerprint density at radius 2 is 1.64 bits per heavy atom. The number of rotatable bonds is 2. The standard InChI is InChI=1S/C24H15N3O/c1-2-4-21-19(3-1)20-14-23-17(9-12-28-23)13-22(20)27(21)24-6-5-18(15-26-24)16-7-10-25-11-8-16/h1-15H. The summed E-state index contributed by atoms with van der Waals surface area (Å²) in [5, 5.41) is 3.44. The van der Waals surface area contributed by atoms with E-state index in [9.17, 15) is 0 Å². The monoisotopic (exact) mass is 361 g/mol. The average molecular weight is 361 g/mol. The number of fused-ring (bicyclic) bond motifs is 4. The molecule has 0 atom stereocenters. The third kappa shape index (κ3) is 2.18. The maximum absolute atomic E-state index is 5.62. The predicted octanol–water partition coefficient (Wildman–Crippen LogP) is 5.99. The lowest BCUT2D eigenvalue weighted by atomic mass is 10.1. The lowest BCUT2D eigenvalue weighted by Crippen LogP contribution is -1.97. The molecule has 0 saturated heterocycles. The van der Waals surface area contributed by atoms with Crippen molar-refractivity contribution in [2.24, 2.45) is 0 Å². The summed E-state index contributed by atoms with van der Waals surface area (Å²) in [5.74, 6) is 0.895. The van der Waals surface area contributed by atoms with Gasteiger partial charge < -0.3 is 4.42 Å². The number of para-hydroxylation sites is 1. The molecule has 0 N–H and O–H groups in total. The highest BCUT2D eigenvalue weighted by atomic mass is 16.3. The van der Waals surface area contributed by atoms with Crippen molar-refractivity contribution in [1.82, 2.24) is 14.5 Å². The summed E-state index contributed by atoms with van der Waals surface area (Å²) >= 11 is 0. The second kappa shape index (κ2) is 5.79. The molecule has 0 fully saturated rings. The van der Waals surface area contributed by atoms with Gasteiger partial charge in [-0.1, -0.05) is 18.2 Å². The van der Waals surface area contributed by atoms with Crippen LogP contribution in [-0.4, -0.2) is 14.5 Å². The van der Waals surface area contributed by atoms with Crippen LogP contribution in [0.1, 0.15) is 0 Å². The molecule has 2 aromatic carbocycles. The fourth-order valence-corrected chi connectivity index (χ4v) is 3.90. The first-order valence-corrected chi connectivity index (χ1v) is 9.16. The number of pyridine rings is 2. The van der Waals surface area contributed by atoms with Gasteiger partial charge in [-0.15, -0.1) is 0 Å². The van der Waals surface area contributed by atoms with Gasteiger partial charge in [-0.05, 0) is 54.1 Å². The summed E-state index contributed by atoms with van der Waals surface area (Å²) in [6.45, 7) is 0.